The number of hydrogen-bond acceptors (Lipinski definition) is 2. The van der Waals surface area contributed by atoms with Gasteiger partial charge in [0.2, 0.25) is 5.91 Å². The summed E-state index contributed by atoms with van der Waals surface area (Å²) in [5.74, 6) is 1.76. The third-order valence-corrected chi connectivity index (χ3v) is 3.53. The summed E-state index contributed by atoms with van der Waals surface area (Å²) in [5.41, 5.74) is 0. The molecule has 0 radical (unpaired) electrons. The molecular formula is C14H18ClNO2. The Kier molecular flexibility index (Phi) is 4.12. The maximum Gasteiger partial charge on any atom is 0.225 e. The highest BCUT2D eigenvalue weighted by atomic mass is 35.5. The van der Waals surface area contributed by atoms with Crippen LogP contribution in [0, 0.1) is 11.8 Å². The zero-order valence-corrected chi connectivity index (χ0v) is 11.5. The van der Waals surface area contributed by atoms with E-state index in [1.54, 1.807) is 17.0 Å². The minimum atomic E-state index is 0.234. The molecule has 1 amide bonds. The number of benzene rings is 1. The van der Waals surface area contributed by atoms with Gasteiger partial charge in [-0.2, -0.15) is 0 Å². The zero-order chi connectivity index (χ0) is 13.1. The topological polar surface area (TPSA) is 29.5 Å². The summed E-state index contributed by atoms with van der Waals surface area (Å²) in [6, 6.07) is 7.28. The van der Waals surface area contributed by atoms with Gasteiger partial charge in [-0.1, -0.05) is 24.6 Å². The highest BCUT2D eigenvalue weighted by Gasteiger charge is 2.40. The molecule has 1 aromatic carbocycles. The molecular weight excluding hydrogens is 250 g/mol. The molecule has 1 fully saturated rings. The van der Waals surface area contributed by atoms with Gasteiger partial charge in [0.15, 0.2) is 0 Å². The van der Waals surface area contributed by atoms with Gasteiger partial charge >= 0.3 is 0 Å². The second-order valence-corrected chi connectivity index (χ2v) is 5.32. The maximum atomic E-state index is 11.9. The van der Waals surface area contributed by atoms with Crippen molar-refractivity contribution in [2.75, 3.05) is 20.2 Å². The molecule has 18 heavy (non-hydrogen) atoms. The highest BCUT2D eigenvalue weighted by molar-refractivity contribution is 6.30. The number of hydrogen-bond donors (Lipinski definition) is 0. The second kappa shape index (κ2) is 5.61. The predicted octanol–water partition coefficient (Wildman–Crippen LogP) is 2.83. The van der Waals surface area contributed by atoms with Crippen LogP contribution in [0.4, 0.5) is 0 Å². The molecule has 1 saturated carbocycles. The molecule has 0 bridgehead atoms. The number of nitrogens with zero attached hydrogens (tertiary/aromatic N) is 1. The first-order valence-electron chi connectivity index (χ1n) is 6.21. The number of amides is 1. The number of rotatable bonds is 5. The Morgan fingerprint density at radius 1 is 1.56 bits per heavy atom. The van der Waals surface area contributed by atoms with Crippen LogP contribution < -0.4 is 4.74 Å². The highest BCUT2D eigenvalue weighted by Crippen LogP contribution is 2.38. The lowest BCUT2D eigenvalue weighted by atomic mass is 10.3. The van der Waals surface area contributed by atoms with E-state index in [9.17, 15) is 4.79 Å². The van der Waals surface area contributed by atoms with E-state index in [1.807, 2.05) is 19.2 Å². The van der Waals surface area contributed by atoms with Crippen LogP contribution >= 0.6 is 11.6 Å². The third-order valence-electron chi connectivity index (χ3n) is 3.29. The minimum absolute atomic E-state index is 0.234. The largest absolute Gasteiger partial charge is 0.492 e. The number of likely N-dealkylation sites (N-methyl/N-ethyl adjacent to an activating group) is 1. The Labute approximate surface area is 113 Å². The van der Waals surface area contributed by atoms with Crippen LogP contribution in [-0.2, 0) is 4.79 Å². The van der Waals surface area contributed by atoms with E-state index in [-0.39, 0.29) is 11.8 Å². The van der Waals surface area contributed by atoms with Crippen LogP contribution in [0.5, 0.6) is 5.75 Å². The molecule has 0 N–H and O–H groups in total. The fourth-order valence-electron chi connectivity index (χ4n) is 1.92. The monoisotopic (exact) mass is 267 g/mol. The molecule has 1 aliphatic rings. The lowest BCUT2D eigenvalue weighted by Gasteiger charge is -2.17. The molecule has 0 spiro atoms. The Balaban J connectivity index is 1.73. The zero-order valence-electron chi connectivity index (χ0n) is 10.7. The molecule has 0 aromatic heterocycles. The fraction of sp³-hybridized carbons (Fsp3) is 0.500. The number of ether oxygens (including phenoxy) is 1. The van der Waals surface area contributed by atoms with E-state index in [0.29, 0.717) is 24.1 Å². The van der Waals surface area contributed by atoms with Crippen LogP contribution in [0.15, 0.2) is 24.3 Å². The van der Waals surface area contributed by atoms with Crippen molar-refractivity contribution in [2.24, 2.45) is 11.8 Å². The molecule has 2 unspecified atom stereocenters. The Morgan fingerprint density at radius 2 is 2.28 bits per heavy atom. The Bertz CT molecular complexity index is 436. The Morgan fingerprint density at radius 3 is 2.89 bits per heavy atom. The lowest BCUT2D eigenvalue weighted by molar-refractivity contribution is -0.131. The van der Waals surface area contributed by atoms with Crippen LogP contribution in [0.25, 0.3) is 0 Å². The van der Waals surface area contributed by atoms with Crippen LogP contribution in [-0.4, -0.2) is 31.0 Å². The van der Waals surface area contributed by atoms with Gasteiger partial charge in [-0.25, -0.2) is 0 Å². The van der Waals surface area contributed by atoms with Crippen molar-refractivity contribution >= 4 is 17.5 Å². The van der Waals surface area contributed by atoms with E-state index in [4.69, 9.17) is 16.3 Å². The Hall–Kier alpha value is -1.22. The molecule has 2 rings (SSSR count). The lowest BCUT2D eigenvalue weighted by Crippen LogP contribution is -2.32. The quantitative estimate of drug-likeness (QED) is 0.821. The van der Waals surface area contributed by atoms with Crippen LogP contribution in [0.1, 0.15) is 13.3 Å². The van der Waals surface area contributed by atoms with Crippen molar-refractivity contribution in [2.45, 2.75) is 13.3 Å². The normalized spacial score (nSPS) is 21.5. The van der Waals surface area contributed by atoms with Gasteiger partial charge in [0.05, 0.1) is 6.54 Å². The summed E-state index contributed by atoms with van der Waals surface area (Å²) in [7, 11) is 1.83. The first-order chi connectivity index (χ1) is 8.58. The van der Waals surface area contributed by atoms with Gasteiger partial charge in [0, 0.05) is 18.0 Å². The minimum Gasteiger partial charge on any atom is -0.492 e. The number of carbonyl (C=O) groups excluding carboxylic acids is 1. The van der Waals surface area contributed by atoms with Gasteiger partial charge in [-0.3, -0.25) is 4.79 Å². The van der Waals surface area contributed by atoms with E-state index in [2.05, 4.69) is 6.92 Å². The second-order valence-electron chi connectivity index (χ2n) is 4.89. The van der Waals surface area contributed by atoms with Crippen molar-refractivity contribution in [1.82, 2.24) is 4.90 Å². The molecule has 0 heterocycles. The predicted molar refractivity (Wildman–Crippen MR) is 71.9 cm³/mol. The standard InChI is InChI=1S/C14H18ClNO2/c1-10-8-13(10)14(17)16(2)6-7-18-12-5-3-4-11(15)9-12/h3-5,9-10,13H,6-8H2,1-2H3. The van der Waals surface area contributed by atoms with Crippen molar-refractivity contribution in [1.29, 1.82) is 0 Å². The number of halogens is 1. The van der Waals surface area contributed by atoms with Crippen LogP contribution in [0.2, 0.25) is 5.02 Å². The van der Waals surface area contributed by atoms with Crippen molar-refractivity contribution in [3.05, 3.63) is 29.3 Å². The van der Waals surface area contributed by atoms with E-state index in [0.717, 1.165) is 12.2 Å². The smallest absolute Gasteiger partial charge is 0.225 e. The summed E-state index contributed by atoms with van der Waals surface area (Å²) in [6.07, 6.45) is 1.03. The van der Waals surface area contributed by atoms with Gasteiger partial charge in [-0.05, 0) is 30.5 Å². The summed E-state index contributed by atoms with van der Waals surface area (Å²) in [6.45, 7) is 3.21. The summed E-state index contributed by atoms with van der Waals surface area (Å²) >= 11 is 5.86. The van der Waals surface area contributed by atoms with Crippen molar-refractivity contribution in [3.8, 4) is 5.75 Å². The van der Waals surface area contributed by atoms with E-state index in [1.165, 1.54) is 0 Å². The maximum absolute atomic E-state index is 11.9. The van der Waals surface area contributed by atoms with Gasteiger partial charge < -0.3 is 9.64 Å². The molecule has 1 aliphatic carbocycles. The molecule has 0 aliphatic heterocycles. The van der Waals surface area contributed by atoms with Gasteiger partial charge in [0.25, 0.3) is 0 Å². The fourth-order valence-corrected chi connectivity index (χ4v) is 2.10. The van der Waals surface area contributed by atoms with Crippen LogP contribution in [0.3, 0.4) is 0 Å². The van der Waals surface area contributed by atoms with E-state index >= 15 is 0 Å². The first kappa shape index (κ1) is 13.2. The molecule has 1 aromatic rings. The third kappa shape index (κ3) is 3.39. The van der Waals surface area contributed by atoms with Gasteiger partial charge in [-0.15, -0.1) is 0 Å². The summed E-state index contributed by atoms with van der Waals surface area (Å²) in [4.78, 5) is 13.6. The molecule has 0 saturated heterocycles. The summed E-state index contributed by atoms with van der Waals surface area (Å²) in [5, 5.41) is 0.656. The molecule has 4 heteroatoms. The van der Waals surface area contributed by atoms with E-state index < -0.39 is 0 Å². The molecule has 98 valence electrons. The van der Waals surface area contributed by atoms with Crippen molar-refractivity contribution in [3.63, 3.8) is 0 Å². The first-order valence-corrected chi connectivity index (χ1v) is 6.59. The molecule has 2 atom stereocenters. The van der Waals surface area contributed by atoms with Crippen molar-refractivity contribution < 1.29 is 9.53 Å². The number of carbonyl (C=O) groups is 1. The summed E-state index contributed by atoms with van der Waals surface area (Å²) < 4.78 is 5.56. The average molecular weight is 268 g/mol. The van der Waals surface area contributed by atoms with Gasteiger partial charge in [0.1, 0.15) is 12.4 Å². The average Bonchev–Trinajstić information content (AvgIpc) is 3.05. The molecule has 3 nitrogen and oxygen atoms in total. The SMILES string of the molecule is CC1CC1C(=O)N(C)CCOc1cccc(Cl)c1.